The Labute approximate surface area is 141 Å². The van der Waals surface area contributed by atoms with Gasteiger partial charge in [0.2, 0.25) is 5.95 Å². The predicted octanol–water partition coefficient (Wildman–Crippen LogP) is 2.19. The molecule has 114 valence electrons. The van der Waals surface area contributed by atoms with Gasteiger partial charge in [-0.3, -0.25) is 0 Å². The van der Waals surface area contributed by atoms with Crippen LogP contribution in [0, 0.1) is 14.9 Å². The van der Waals surface area contributed by atoms with Crippen molar-refractivity contribution in [3.8, 4) is 28.8 Å². The van der Waals surface area contributed by atoms with Crippen LogP contribution in [0.25, 0.3) is 11.3 Å². The summed E-state index contributed by atoms with van der Waals surface area (Å²) >= 11 is 2.13. The maximum atomic E-state index is 9.29. The highest BCUT2D eigenvalue weighted by atomic mass is 127. The quantitative estimate of drug-likeness (QED) is 0.740. The third-order valence-corrected chi connectivity index (χ3v) is 3.65. The van der Waals surface area contributed by atoms with Crippen LogP contribution in [0.2, 0.25) is 0 Å². The largest absolute Gasteiger partial charge is 0.492 e. The molecular formula is C14H14IN5O2. The Morgan fingerprint density at radius 3 is 2.64 bits per heavy atom. The van der Waals surface area contributed by atoms with Crippen molar-refractivity contribution < 1.29 is 9.47 Å². The summed E-state index contributed by atoms with van der Waals surface area (Å²) in [6.07, 6.45) is 0. The first-order valence-electron chi connectivity index (χ1n) is 6.35. The van der Waals surface area contributed by atoms with Crippen LogP contribution in [0.4, 0.5) is 11.8 Å². The molecule has 1 aromatic heterocycles. The molecular weight excluding hydrogens is 397 g/mol. The first-order valence-corrected chi connectivity index (χ1v) is 7.43. The predicted molar refractivity (Wildman–Crippen MR) is 91.4 cm³/mol. The fourth-order valence-corrected chi connectivity index (χ4v) is 2.80. The van der Waals surface area contributed by atoms with Gasteiger partial charge in [-0.2, -0.15) is 10.2 Å². The average Bonchev–Trinajstić information content (AvgIpc) is 2.46. The fraction of sp³-hybridized carbons (Fsp3) is 0.214. The standard InChI is InChI=1S/C14H14IN5O2/c1-3-22-10-5-7(4-9(15)12(10)21-2)11-8(6-16)13(17)20-14(18)19-11/h4-5H,3H2,1-2H3,(H4,17,18,19,20). The number of hydrogen-bond acceptors (Lipinski definition) is 7. The van der Waals surface area contributed by atoms with Gasteiger partial charge in [-0.05, 0) is 41.6 Å². The highest BCUT2D eigenvalue weighted by Gasteiger charge is 2.18. The molecule has 8 heteroatoms. The molecule has 0 aliphatic rings. The summed E-state index contributed by atoms with van der Waals surface area (Å²) in [6.45, 7) is 2.36. The molecule has 2 aromatic rings. The minimum absolute atomic E-state index is 0.00952. The molecule has 22 heavy (non-hydrogen) atoms. The number of nitriles is 1. The maximum absolute atomic E-state index is 9.29. The van der Waals surface area contributed by atoms with E-state index in [1.54, 1.807) is 13.2 Å². The van der Waals surface area contributed by atoms with Crippen molar-refractivity contribution in [3.05, 3.63) is 21.3 Å². The number of anilines is 2. The number of ether oxygens (including phenoxy) is 2. The highest BCUT2D eigenvalue weighted by molar-refractivity contribution is 14.1. The van der Waals surface area contributed by atoms with Gasteiger partial charge >= 0.3 is 0 Å². The molecule has 0 radical (unpaired) electrons. The number of nitrogens with zero attached hydrogens (tertiary/aromatic N) is 3. The van der Waals surface area contributed by atoms with E-state index in [9.17, 15) is 5.26 Å². The summed E-state index contributed by atoms with van der Waals surface area (Å²) in [5.41, 5.74) is 12.6. The highest BCUT2D eigenvalue weighted by Crippen LogP contribution is 2.38. The number of nitrogens with two attached hydrogens (primary N) is 2. The minimum atomic E-state index is 0.00952. The minimum Gasteiger partial charge on any atom is -0.492 e. The third kappa shape index (κ3) is 2.99. The lowest BCUT2D eigenvalue weighted by Gasteiger charge is -2.14. The van der Waals surface area contributed by atoms with Crippen LogP contribution in [0.15, 0.2) is 12.1 Å². The topological polar surface area (TPSA) is 120 Å². The Bertz CT molecular complexity index is 758. The lowest BCUT2D eigenvalue weighted by molar-refractivity contribution is 0.310. The lowest BCUT2D eigenvalue weighted by Crippen LogP contribution is -2.05. The maximum Gasteiger partial charge on any atom is 0.222 e. The van der Waals surface area contributed by atoms with E-state index in [1.165, 1.54) is 0 Å². The van der Waals surface area contributed by atoms with E-state index in [4.69, 9.17) is 20.9 Å². The number of benzene rings is 1. The van der Waals surface area contributed by atoms with Crippen molar-refractivity contribution in [2.45, 2.75) is 6.92 Å². The van der Waals surface area contributed by atoms with Gasteiger partial charge in [0.1, 0.15) is 17.5 Å². The van der Waals surface area contributed by atoms with Crippen LogP contribution in [-0.4, -0.2) is 23.7 Å². The van der Waals surface area contributed by atoms with E-state index >= 15 is 0 Å². The Morgan fingerprint density at radius 1 is 1.32 bits per heavy atom. The van der Waals surface area contributed by atoms with Crippen LogP contribution in [0.1, 0.15) is 12.5 Å². The molecule has 0 aliphatic heterocycles. The molecule has 0 spiro atoms. The van der Waals surface area contributed by atoms with E-state index in [0.29, 0.717) is 29.4 Å². The average molecular weight is 411 g/mol. The van der Waals surface area contributed by atoms with Gasteiger partial charge < -0.3 is 20.9 Å². The fourth-order valence-electron chi connectivity index (χ4n) is 1.98. The van der Waals surface area contributed by atoms with Crippen LogP contribution in [-0.2, 0) is 0 Å². The molecule has 0 bridgehead atoms. The summed E-state index contributed by atoms with van der Waals surface area (Å²) < 4.78 is 11.8. The van der Waals surface area contributed by atoms with Crippen LogP contribution in [0.5, 0.6) is 11.5 Å². The van der Waals surface area contributed by atoms with Crippen molar-refractivity contribution in [2.75, 3.05) is 25.2 Å². The zero-order chi connectivity index (χ0) is 16.3. The van der Waals surface area contributed by atoms with Gasteiger partial charge in [-0.25, -0.2) is 4.98 Å². The van der Waals surface area contributed by atoms with Gasteiger partial charge in [0.25, 0.3) is 0 Å². The van der Waals surface area contributed by atoms with Crippen LogP contribution < -0.4 is 20.9 Å². The van der Waals surface area contributed by atoms with Gasteiger partial charge in [0.05, 0.1) is 23.0 Å². The molecule has 0 atom stereocenters. The molecule has 0 aliphatic carbocycles. The van der Waals surface area contributed by atoms with Crippen LogP contribution >= 0.6 is 22.6 Å². The Morgan fingerprint density at radius 2 is 2.05 bits per heavy atom. The second-order valence-corrected chi connectivity index (χ2v) is 5.39. The first-order chi connectivity index (χ1) is 10.5. The molecule has 1 heterocycles. The summed E-state index contributed by atoms with van der Waals surface area (Å²) in [6, 6.07) is 5.58. The number of halogens is 1. The van der Waals surface area contributed by atoms with E-state index in [2.05, 4.69) is 32.6 Å². The van der Waals surface area contributed by atoms with E-state index < -0.39 is 0 Å². The van der Waals surface area contributed by atoms with Crippen molar-refractivity contribution >= 4 is 34.4 Å². The monoisotopic (exact) mass is 411 g/mol. The Hall–Kier alpha value is -2.28. The summed E-state index contributed by atoms with van der Waals surface area (Å²) in [5, 5.41) is 9.29. The summed E-state index contributed by atoms with van der Waals surface area (Å²) in [5.74, 6) is 1.25. The van der Waals surface area contributed by atoms with Crippen molar-refractivity contribution in [1.29, 1.82) is 5.26 Å². The zero-order valence-electron chi connectivity index (χ0n) is 12.1. The normalized spacial score (nSPS) is 10.1. The van der Waals surface area contributed by atoms with Crippen molar-refractivity contribution in [3.63, 3.8) is 0 Å². The van der Waals surface area contributed by atoms with Gasteiger partial charge in [-0.1, -0.05) is 0 Å². The number of rotatable bonds is 4. The van der Waals surface area contributed by atoms with Gasteiger partial charge in [0, 0.05) is 5.56 Å². The van der Waals surface area contributed by atoms with E-state index in [0.717, 1.165) is 3.57 Å². The second kappa shape index (κ2) is 6.65. The molecule has 0 amide bonds. The molecule has 1 aromatic carbocycles. The molecule has 0 unspecified atom stereocenters. The molecule has 0 fully saturated rings. The van der Waals surface area contributed by atoms with Gasteiger partial charge in [-0.15, -0.1) is 0 Å². The Kier molecular flexibility index (Phi) is 4.87. The molecule has 7 nitrogen and oxygen atoms in total. The summed E-state index contributed by atoms with van der Waals surface area (Å²) in [7, 11) is 1.57. The van der Waals surface area contributed by atoms with Crippen LogP contribution in [0.3, 0.4) is 0 Å². The SMILES string of the molecule is CCOc1cc(-c2nc(N)nc(N)c2C#N)cc(I)c1OC. The van der Waals surface area contributed by atoms with E-state index in [1.807, 2.05) is 19.1 Å². The molecule has 0 saturated heterocycles. The molecule has 0 saturated carbocycles. The lowest BCUT2D eigenvalue weighted by atomic mass is 10.1. The summed E-state index contributed by atoms with van der Waals surface area (Å²) in [4.78, 5) is 7.95. The smallest absolute Gasteiger partial charge is 0.222 e. The van der Waals surface area contributed by atoms with E-state index in [-0.39, 0.29) is 17.3 Å². The van der Waals surface area contributed by atoms with Gasteiger partial charge in [0.15, 0.2) is 11.5 Å². The molecule has 2 rings (SSSR count). The number of aromatic nitrogens is 2. The number of methoxy groups -OCH3 is 1. The molecule has 4 N–H and O–H groups in total. The van der Waals surface area contributed by atoms with Crippen molar-refractivity contribution in [1.82, 2.24) is 9.97 Å². The zero-order valence-corrected chi connectivity index (χ0v) is 14.2. The first kappa shape index (κ1) is 16.1. The Balaban J connectivity index is 2.71. The third-order valence-electron chi connectivity index (χ3n) is 2.85. The second-order valence-electron chi connectivity index (χ2n) is 4.22. The van der Waals surface area contributed by atoms with Crippen molar-refractivity contribution in [2.24, 2.45) is 0 Å². The number of nitrogen functional groups attached to an aromatic ring is 2. The number of hydrogen-bond donors (Lipinski definition) is 2.